The van der Waals surface area contributed by atoms with Gasteiger partial charge < -0.3 is 54.7 Å². The molecular weight excluding hydrogens is 480 g/mol. The van der Waals surface area contributed by atoms with Gasteiger partial charge in [0, 0.05) is 18.4 Å². The van der Waals surface area contributed by atoms with Gasteiger partial charge in [0.15, 0.2) is 17.8 Å². The Hall–Kier alpha value is -2.71. The van der Waals surface area contributed by atoms with E-state index >= 15 is 0 Å². The average molecular weight is 510 g/mol. The zero-order valence-corrected chi connectivity index (χ0v) is 19.3. The maximum atomic E-state index is 12.1. The van der Waals surface area contributed by atoms with Gasteiger partial charge >= 0.3 is 5.97 Å². The van der Waals surface area contributed by atoms with E-state index in [0.717, 1.165) is 6.08 Å². The van der Waals surface area contributed by atoms with E-state index in [1.807, 2.05) is 0 Å². The predicted molar refractivity (Wildman–Crippen MR) is 120 cm³/mol. The number of carbonyl (C=O) groups excluding carboxylic acids is 1. The number of benzene rings is 1. The van der Waals surface area contributed by atoms with Gasteiger partial charge in [-0.3, -0.25) is 0 Å². The average Bonchev–Trinajstić information content (AvgIpc) is 3.08. The molecule has 12 nitrogen and oxygen atoms in total. The summed E-state index contributed by atoms with van der Waals surface area (Å²) >= 11 is 0. The van der Waals surface area contributed by atoms with Crippen LogP contribution in [-0.4, -0.2) is 97.0 Å². The van der Waals surface area contributed by atoms with Crippen LogP contribution >= 0.6 is 0 Å². The molecule has 4 rings (SSSR count). The van der Waals surface area contributed by atoms with Crippen LogP contribution in [0.25, 0.3) is 6.08 Å². The van der Waals surface area contributed by atoms with E-state index in [1.54, 1.807) is 6.08 Å². The molecule has 0 radical (unpaired) electrons. The molecule has 0 unspecified atom stereocenters. The highest BCUT2D eigenvalue weighted by Gasteiger charge is 2.56. The Balaban J connectivity index is 1.38. The third-order valence-corrected chi connectivity index (χ3v) is 6.74. The van der Waals surface area contributed by atoms with E-state index in [4.69, 9.17) is 18.9 Å². The molecule has 3 aliphatic rings. The van der Waals surface area contributed by atoms with Crippen molar-refractivity contribution in [3.63, 3.8) is 0 Å². The summed E-state index contributed by atoms with van der Waals surface area (Å²) in [5.41, 5.74) is -0.928. The van der Waals surface area contributed by atoms with E-state index in [2.05, 4.69) is 0 Å². The second-order valence-electron chi connectivity index (χ2n) is 9.43. The van der Waals surface area contributed by atoms with Gasteiger partial charge in [0.05, 0.1) is 23.9 Å². The van der Waals surface area contributed by atoms with Gasteiger partial charge in [0.25, 0.3) is 0 Å². The van der Waals surface area contributed by atoms with Crippen molar-refractivity contribution in [3.8, 4) is 11.5 Å². The number of aliphatic hydroxyl groups excluding tert-OH is 4. The molecule has 1 aromatic carbocycles. The lowest BCUT2D eigenvalue weighted by Crippen LogP contribution is -2.61. The molecule has 1 aromatic rings. The second-order valence-corrected chi connectivity index (χ2v) is 9.43. The quantitative estimate of drug-likeness (QED) is 0.142. The first-order valence-corrected chi connectivity index (χ1v) is 11.4. The predicted octanol–water partition coefficient (Wildman–Crippen LogP) is -0.904. The Morgan fingerprint density at radius 2 is 1.86 bits per heavy atom. The molecule has 2 aliphatic heterocycles. The fourth-order valence-corrected chi connectivity index (χ4v) is 4.81. The standard InChI is InChI=1S/C24H30O12/c1-24(32)9-15(27)12-6-7-33-22(18(12)24)36-23-21(31)20(30)19(29)16(35-23)10-34-17(28)5-3-11-2-4-13(25)14(26)8-11/h2-8,12,15-16,18-23,25-27,29-32H,9-10H2,1H3/b5-3+/t12-,15+,16+,18+,19+,20-,21+,22-,23-,24-/m0/s1. The Bertz CT molecular complexity index is 1010. The number of phenolic OH excluding ortho intramolecular Hbond substituents is 2. The number of rotatable bonds is 6. The molecule has 12 heteroatoms. The van der Waals surface area contributed by atoms with Crippen LogP contribution in [0.4, 0.5) is 0 Å². The Morgan fingerprint density at radius 1 is 1.11 bits per heavy atom. The van der Waals surface area contributed by atoms with Crippen LogP contribution < -0.4 is 0 Å². The summed E-state index contributed by atoms with van der Waals surface area (Å²) in [6, 6.07) is 3.94. The summed E-state index contributed by atoms with van der Waals surface area (Å²) in [6.45, 7) is 1.04. The molecule has 0 spiro atoms. The van der Waals surface area contributed by atoms with Gasteiger partial charge in [-0.1, -0.05) is 6.07 Å². The zero-order chi connectivity index (χ0) is 26.2. The molecule has 0 amide bonds. The first-order chi connectivity index (χ1) is 17.0. The van der Waals surface area contributed by atoms with Gasteiger partial charge in [-0.05, 0) is 36.8 Å². The lowest BCUT2D eigenvalue weighted by atomic mass is 9.85. The van der Waals surface area contributed by atoms with Crippen LogP contribution in [0, 0.1) is 11.8 Å². The van der Waals surface area contributed by atoms with E-state index in [1.165, 1.54) is 37.5 Å². The largest absolute Gasteiger partial charge is 0.504 e. The summed E-state index contributed by atoms with van der Waals surface area (Å²) in [7, 11) is 0. The molecule has 0 bridgehead atoms. The maximum absolute atomic E-state index is 12.1. The number of aromatic hydroxyl groups is 2. The van der Waals surface area contributed by atoms with Gasteiger partial charge in [0.1, 0.15) is 31.0 Å². The van der Waals surface area contributed by atoms with Crippen LogP contribution in [-0.2, 0) is 23.7 Å². The topological polar surface area (TPSA) is 196 Å². The van der Waals surface area contributed by atoms with Gasteiger partial charge in [-0.2, -0.15) is 0 Å². The molecule has 2 heterocycles. The minimum Gasteiger partial charge on any atom is -0.504 e. The van der Waals surface area contributed by atoms with Gasteiger partial charge in [0.2, 0.25) is 6.29 Å². The minimum absolute atomic E-state index is 0.0845. The van der Waals surface area contributed by atoms with Gasteiger partial charge in [-0.25, -0.2) is 4.79 Å². The molecule has 1 saturated carbocycles. The summed E-state index contributed by atoms with van der Waals surface area (Å²) in [5, 5.41) is 70.9. The molecule has 36 heavy (non-hydrogen) atoms. The molecule has 198 valence electrons. The Kier molecular flexibility index (Phi) is 7.57. The molecule has 1 aliphatic carbocycles. The summed E-state index contributed by atoms with van der Waals surface area (Å²) in [5.74, 6) is -2.66. The number of fused-ring (bicyclic) bond motifs is 1. The third-order valence-electron chi connectivity index (χ3n) is 6.74. The molecular formula is C24H30O12. The number of hydrogen-bond acceptors (Lipinski definition) is 12. The van der Waals surface area contributed by atoms with E-state index in [-0.39, 0.29) is 17.9 Å². The van der Waals surface area contributed by atoms with Crippen LogP contribution in [0.1, 0.15) is 18.9 Å². The lowest BCUT2D eigenvalue weighted by Gasteiger charge is -2.43. The lowest BCUT2D eigenvalue weighted by molar-refractivity contribution is -0.346. The second kappa shape index (κ2) is 10.3. The van der Waals surface area contributed by atoms with Crippen LogP contribution in [0.5, 0.6) is 11.5 Å². The molecule has 7 N–H and O–H groups in total. The first-order valence-electron chi connectivity index (χ1n) is 11.4. The van der Waals surface area contributed by atoms with Crippen molar-refractivity contribution in [1.82, 2.24) is 0 Å². The number of phenols is 2. The molecule has 0 aromatic heterocycles. The monoisotopic (exact) mass is 510 g/mol. The summed E-state index contributed by atoms with van der Waals surface area (Å²) < 4.78 is 21.9. The molecule has 1 saturated heterocycles. The number of ether oxygens (including phenoxy) is 4. The highest BCUT2D eigenvalue weighted by Crippen LogP contribution is 2.46. The molecule has 10 atom stereocenters. The minimum atomic E-state index is -1.70. The van der Waals surface area contributed by atoms with Crippen molar-refractivity contribution in [2.75, 3.05) is 6.61 Å². The van der Waals surface area contributed by atoms with Crippen molar-refractivity contribution >= 4 is 12.0 Å². The van der Waals surface area contributed by atoms with Crippen molar-refractivity contribution in [3.05, 3.63) is 42.2 Å². The first kappa shape index (κ1) is 26.4. The Labute approximate surface area is 206 Å². The fourth-order valence-electron chi connectivity index (χ4n) is 4.81. The highest BCUT2D eigenvalue weighted by molar-refractivity contribution is 5.87. The fraction of sp³-hybridized carbons (Fsp3) is 0.542. The number of carbonyl (C=O) groups is 1. The SMILES string of the molecule is C[C@]1(O)C[C@@H](O)[C@@H]2C=CO[C@@H](O[C@@H]3O[C@H](COC(=O)/C=C/c4ccc(O)c(O)c4)[C@@H](O)[C@H](O)[C@H]3O)[C@@H]21. The van der Waals surface area contributed by atoms with Crippen LogP contribution in [0.2, 0.25) is 0 Å². The highest BCUT2D eigenvalue weighted by atomic mass is 16.8. The third kappa shape index (κ3) is 5.34. The van der Waals surface area contributed by atoms with Crippen molar-refractivity contribution in [2.45, 2.75) is 62.0 Å². The summed E-state index contributed by atoms with van der Waals surface area (Å²) in [6.07, 6.45) is -4.34. The van der Waals surface area contributed by atoms with Crippen LogP contribution in [0.15, 0.2) is 36.6 Å². The summed E-state index contributed by atoms with van der Waals surface area (Å²) in [4.78, 5) is 12.1. The van der Waals surface area contributed by atoms with Crippen molar-refractivity contribution in [1.29, 1.82) is 0 Å². The van der Waals surface area contributed by atoms with E-state index in [9.17, 15) is 40.5 Å². The van der Waals surface area contributed by atoms with Crippen molar-refractivity contribution in [2.24, 2.45) is 11.8 Å². The maximum Gasteiger partial charge on any atom is 0.330 e. The molecule has 2 fully saturated rings. The number of esters is 1. The van der Waals surface area contributed by atoms with E-state index in [0.29, 0.717) is 5.56 Å². The smallest absolute Gasteiger partial charge is 0.330 e. The number of aliphatic hydroxyl groups is 5. The van der Waals surface area contributed by atoms with Crippen molar-refractivity contribution < 1.29 is 59.5 Å². The normalized spacial score (nSPS) is 40.1. The zero-order valence-electron chi connectivity index (χ0n) is 19.3. The van der Waals surface area contributed by atoms with Crippen LogP contribution in [0.3, 0.4) is 0 Å². The van der Waals surface area contributed by atoms with Gasteiger partial charge in [-0.15, -0.1) is 0 Å². The number of hydrogen-bond donors (Lipinski definition) is 7. The Morgan fingerprint density at radius 3 is 2.58 bits per heavy atom. The van der Waals surface area contributed by atoms with E-state index < -0.39 is 73.1 Å².